The van der Waals surface area contributed by atoms with E-state index in [0.717, 1.165) is 25.7 Å². The van der Waals surface area contributed by atoms with Gasteiger partial charge in [-0.25, -0.2) is 0 Å². The lowest BCUT2D eigenvalue weighted by atomic mass is 10.0. The summed E-state index contributed by atoms with van der Waals surface area (Å²) < 4.78 is 5.41. The summed E-state index contributed by atoms with van der Waals surface area (Å²) in [7, 11) is 0. The number of esters is 1. The predicted octanol–water partition coefficient (Wildman–Crippen LogP) is 6.51. The van der Waals surface area contributed by atoms with Crippen LogP contribution in [0.25, 0.3) is 0 Å². The van der Waals surface area contributed by atoms with Crippen LogP contribution in [-0.2, 0) is 14.3 Å². The molecule has 0 amide bonds. The average molecular weight is 371 g/mol. The Hall–Kier alpha value is -1.06. The van der Waals surface area contributed by atoms with Crippen molar-refractivity contribution in [1.82, 2.24) is 0 Å². The topological polar surface area (TPSA) is 63.6 Å². The molecule has 0 fully saturated rings. The van der Waals surface area contributed by atoms with Gasteiger partial charge in [0.15, 0.2) is 0 Å². The van der Waals surface area contributed by atoms with Gasteiger partial charge in [-0.1, -0.05) is 77.6 Å². The third-order valence-electron chi connectivity index (χ3n) is 4.59. The van der Waals surface area contributed by atoms with Gasteiger partial charge in [-0.05, 0) is 33.6 Å². The first-order chi connectivity index (χ1) is 12.2. The first kappa shape index (κ1) is 24.9. The molecular formula is C22H42O4. The van der Waals surface area contributed by atoms with Crippen molar-refractivity contribution in [1.29, 1.82) is 0 Å². The molecule has 4 nitrogen and oxygen atoms in total. The Labute approximate surface area is 161 Å². The maximum absolute atomic E-state index is 11.9. The van der Waals surface area contributed by atoms with Crippen molar-refractivity contribution in [2.75, 3.05) is 0 Å². The summed E-state index contributed by atoms with van der Waals surface area (Å²) in [6.07, 6.45) is 15.6. The minimum absolute atomic E-state index is 0.00437. The second-order valence-electron chi connectivity index (χ2n) is 8.61. The Morgan fingerprint density at radius 2 is 1.15 bits per heavy atom. The van der Waals surface area contributed by atoms with Crippen molar-refractivity contribution in [2.45, 2.75) is 123 Å². The van der Waals surface area contributed by atoms with E-state index in [1.807, 2.05) is 27.7 Å². The molecule has 1 unspecified atom stereocenters. The van der Waals surface area contributed by atoms with E-state index >= 15 is 0 Å². The average Bonchev–Trinajstić information content (AvgIpc) is 2.53. The largest absolute Gasteiger partial charge is 0.481 e. The maximum atomic E-state index is 11.9. The molecular weight excluding hydrogens is 328 g/mol. The van der Waals surface area contributed by atoms with Crippen molar-refractivity contribution in [3.8, 4) is 0 Å². The highest BCUT2D eigenvalue weighted by Gasteiger charge is 2.21. The van der Waals surface area contributed by atoms with Gasteiger partial charge in [-0.3, -0.25) is 9.59 Å². The standard InChI is InChI=1S/C22H42O4/c1-19(21(25)26-22(2,3)4)17-15-13-11-9-7-5-6-8-10-12-14-16-18-20(23)24/h19H,5-18H2,1-4H3,(H,23,24). The zero-order valence-corrected chi connectivity index (χ0v) is 17.6. The van der Waals surface area contributed by atoms with Crippen molar-refractivity contribution >= 4 is 11.9 Å². The smallest absolute Gasteiger partial charge is 0.309 e. The molecule has 0 aromatic carbocycles. The highest BCUT2D eigenvalue weighted by Crippen LogP contribution is 2.17. The Balaban J connectivity index is 3.31. The first-order valence-electron chi connectivity index (χ1n) is 10.7. The lowest BCUT2D eigenvalue weighted by Crippen LogP contribution is -2.27. The van der Waals surface area contributed by atoms with Crippen LogP contribution in [0.3, 0.4) is 0 Å². The van der Waals surface area contributed by atoms with E-state index in [0.29, 0.717) is 6.42 Å². The first-order valence-corrected chi connectivity index (χ1v) is 10.7. The highest BCUT2D eigenvalue weighted by atomic mass is 16.6. The molecule has 4 heteroatoms. The Kier molecular flexibility index (Phi) is 14.4. The van der Waals surface area contributed by atoms with Gasteiger partial charge in [-0.15, -0.1) is 0 Å². The Bertz CT molecular complexity index is 371. The number of aliphatic carboxylic acids is 1. The van der Waals surface area contributed by atoms with Gasteiger partial charge >= 0.3 is 11.9 Å². The minimum Gasteiger partial charge on any atom is -0.481 e. The number of carboxylic acids is 1. The summed E-state index contributed by atoms with van der Waals surface area (Å²) in [5, 5.41) is 8.56. The third kappa shape index (κ3) is 17.8. The maximum Gasteiger partial charge on any atom is 0.309 e. The summed E-state index contributed by atoms with van der Waals surface area (Å²) in [5.74, 6) is -0.741. The number of unbranched alkanes of at least 4 members (excludes halogenated alkanes) is 11. The second-order valence-corrected chi connectivity index (χ2v) is 8.61. The van der Waals surface area contributed by atoms with Gasteiger partial charge in [0.25, 0.3) is 0 Å². The number of hydrogen-bond donors (Lipinski definition) is 1. The third-order valence-corrected chi connectivity index (χ3v) is 4.59. The molecule has 154 valence electrons. The number of rotatable bonds is 16. The van der Waals surface area contributed by atoms with Crippen LogP contribution < -0.4 is 0 Å². The lowest BCUT2D eigenvalue weighted by Gasteiger charge is -2.22. The molecule has 0 rings (SSSR count). The van der Waals surface area contributed by atoms with E-state index in [2.05, 4.69) is 0 Å². The second kappa shape index (κ2) is 15.0. The fraction of sp³-hybridized carbons (Fsp3) is 0.909. The molecule has 0 radical (unpaired) electrons. The van der Waals surface area contributed by atoms with Crippen molar-refractivity contribution in [3.05, 3.63) is 0 Å². The van der Waals surface area contributed by atoms with Gasteiger partial charge in [0.2, 0.25) is 0 Å². The SMILES string of the molecule is CC(CCCCCCCCCCCCCCC(=O)O)C(=O)OC(C)(C)C. The molecule has 0 bridgehead atoms. The van der Waals surface area contributed by atoms with E-state index in [1.54, 1.807) is 0 Å². The normalized spacial score (nSPS) is 12.8. The fourth-order valence-electron chi connectivity index (χ4n) is 3.01. The molecule has 0 heterocycles. The summed E-state index contributed by atoms with van der Waals surface area (Å²) in [6, 6.07) is 0. The zero-order valence-electron chi connectivity index (χ0n) is 17.6. The molecule has 1 N–H and O–H groups in total. The molecule has 0 aromatic heterocycles. The molecule has 1 atom stereocenters. The predicted molar refractivity (Wildman–Crippen MR) is 107 cm³/mol. The molecule has 0 aliphatic rings. The van der Waals surface area contributed by atoms with Crippen LogP contribution in [0.15, 0.2) is 0 Å². The minimum atomic E-state index is -0.677. The molecule has 0 saturated heterocycles. The van der Waals surface area contributed by atoms with Gasteiger partial charge in [0.05, 0.1) is 5.92 Å². The van der Waals surface area contributed by atoms with E-state index in [9.17, 15) is 9.59 Å². The van der Waals surface area contributed by atoms with Crippen molar-refractivity contribution in [2.24, 2.45) is 5.92 Å². The number of ether oxygens (including phenoxy) is 1. The molecule has 0 spiro atoms. The summed E-state index contributed by atoms with van der Waals surface area (Å²) in [6.45, 7) is 7.71. The molecule has 0 aromatic rings. The Morgan fingerprint density at radius 1 is 0.769 bits per heavy atom. The number of hydrogen-bond acceptors (Lipinski definition) is 3. The van der Waals surface area contributed by atoms with Gasteiger partial charge in [0.1, 0.15) is 5.60 Å². The van der Waals surface area contributed by atoms with E-state index in [4.69, 9.17) is 9.84 Å². The molecule has 26 heavy (non-hydrogen) atoms. The van der Waals surface area contributed by atoms with Gasteiger partial charge in [-0.2, -0.15) is 0 Å². The van der Waals surface area contributed by atoms with E-state index in [1.165, 1.54) is 57.8 Å². The summed E-state index contributed by atoms with van der Waals surface area (Å²) in [4.78, 5) is 22.3. The summed E-state index contributed by atoms with van der Waals surface area (Å²) in [5.41, 5.74) is -0.385. The molecule has 0 saturated carbocycles. The lowest BCUT2D eigenvalue weighted by molar-refractivity contribution is -0.159. The van der Waals surface area contributed by atoms with E-state index in [-0.39, 0.29) is 17.5 Å². The number of carbonyl (C=O) groups excluding carboxylic acids is 1. The zero-order chi connectivity index (χ0) is 19.8. The van der Waals surface area contributed by atoms with E-state index < -0.39 is 5.97 Å². The molecule has 0 aliphatic carbocycles. The van der Waals surface area contributed by atoms with Gasteiger partial charge in [0, 0.05) is 6.42 Å². The Morgan fingerprint density at radius 3 is 1.54 bits per heavy atom. The van der Waals surface area contributed by atoms with Crippen LogP contribution in [0.1, 0.15) is 118 Å². The van der Waals surface area contributed by atoms with Crippen molar-refractivity contribution < 1.29 is 19.4 Å². The number of carboxylic acid groups (broad SMARTS) is 1. The van der Waals surface area contributed by atoms with Crippen LogP contribution in [0.4, 0.5) is 0 Å². The quantitative estimate of drug-likeness (QED) is 0.248. The fourth-order valence-corrected chi connectivity index (χ4v) is 3.01. The van der Waals surface area contributed by atoms with Crippen LogP contribution in [0.5, 0.6) is 0 Å². The molecule has 0 aliphatic heterocycles. The van der Waals surface area contributed by atoms with Crippen molar-refractivity contribution in [3.63, 3.8) is 0 Å². The monoisotopic (exact) mass is 370 g/mol. The van der Waals surface area contributed by atoms with Gasteiger partial charge < -0.3 is 9.84 Å². The van der Waals surface area contributed by atoms with Crippen LogP contribution in [0.2, 0.25) is 0 Å². The number of carbonyl (C=O) groups is 2. The van der Waals surface area contributed by atoms with Crippen LogP contribution in [0, 0.1) is 5.92 Å². The van der Waals surface area contributed by atoms with Crippen LogP contribution >= 0.6 is 0 Å². The van der Waals surface area contributed by atoms with Crippen LogP contribution in [-0.4, -0.2) is 22.6 Å². The summed E-state index contributed by atoms with van der Waals surface area (Å²) >= 11 is 0. The highest BCUT2D eigenvalue weighted by molar-refractivity contribution is 5.72.